The second-order valence-electron chi connectivity index (χ2n) is 14.0. The molecule has 0 bridgehead atoms. The molecule has 0 radical (unpaired) electrons. The number of benzene rings is 2. The number of nitrogens with one attached hydrogen (secondary N) is 1. The van der Waals surface area contributed by atoms with Gasteiger partial charge in [0.25, 0.3) is 0 Å². The van der Waals surface area contributed by atoms with Crippen LogP contribution < -0.4 is 9.62 Å². The van der Waals surface area contributed by atoms with Crippen LogP contribution in [0.2, 0.25) is 18.1 Å². The Morgan fingerprint density at radius 3 is 2.15 bits per heavy atom. The Bertz CT molecular complexity index is 1720. The van der Waals surface area contributed by atoms with Crippen molar-refractivity contribution in [1.82, 2.24) is 15.3 Å². The Balaban J connectivity index is 1.99. The molecule has 1 amide bonds. The molecular formula is C36H49FN4O5SSi. The number of anilines is 1. The highest BCUT2D eigenvalue weighted by atomic mass is 32.2. The number of carbonyl (C=O) groups excluding carboxylic acids is 2. The maximum atomic E-state index is 13.9. The number of aromatic nitrogens is 2. The third kappa shape index (κ3) is 10.4. The van der Waals surface area contributed by atoms with Crippen LogP contribution in [-0.2, 0) is 24.0 Å². The van der Waals surface area contributed by atoms with E-state index in [2.05, 4.69) is 49.1 Å². The van der Waals surface area contributed by atoms with Crippen molar-refractivity contribution in [2.75, 3.05) is 17.6 Å². The molecule has 1 aromatic heterocycles. The fourth-order valence-electron chi connectivity index (χ4n) is 4.75. The number of hydrogen-bond acceptors (Lipinski definition) is 7. The third-order valence-corrected chi connectivity index (χ3v) is 14.3. The van der Waals surface area contributed by atoms with Gasteiger partial charge >= 0.3 is 0 Å². The van der Waals surface area contributed by atoms with Gasteiger partial charge in [0.1, 0.15) is 5.82 Å². The van der Waals surface area contributed by atoms with Crippen LogP contribution in [0.5, 0.6) is 0 Å². The predicted molar refractivity (Wildman–Crippen MR) is 193 cm³/mol. The average Bonchev–Trinajstić information content (AvgIpc) is 2.98. The van der Waals surface area contributed by atoms with E-state index in [-0.39, 0.29) is 47.5 Å². The van der Waals surface area contributed by atoms with Crippen molar-refractivity contribution >= 4 is 42.1 Å². The molecule has 0 aliphatic rings. The Morgan fingerprint density at radius 2 is 1.60 bits per heavy atom. The van der Waals surface area contributed by atoms with Crippen LogP contribution in [0.3, 0.4) is 0 Å². The highest BCUT2D eigenvalue weighted by Gasteiger charge is 2.40. The van der Waals surface area contributed by atoms with Crippen molar-refractivity contribution in [3.8, 4) is 11.3 Å². The van der Waals surface area contributed by atoms with Gasteiger partial charge in [0.15, 0.2) is 14.1 Å². The molecule has 2 aromatic carbocycles. The first-order valence-electron chi connectivity index (χ1n) is 16.0. The predicted octanol–water partition coefficient (Wildman–Crippen LogP) is 7.43. The number of allylic oxidation sites excluding steroid dienone is 1. The lowest BCUT2D eigenvalue weighted by molar-refractivity contribution is -0.124. The summed E-state index contributed by atoms with van der Waals surface area (Å²) < 4.78 is 46.2. The topological polar surface area (TPSA) is 119 Å². The number of ketones is 1. The van der Waals surface area contributed by atoms with E-state index in [4.69, 9.17) is 4.43 Å². The van der Waals surface area contributed by atoms with E-state index in [1.165, 1.54) is 25.3 Å². The maximum Gasteiger partial charge on any atom is 0.239 e. The molecule has 0 aliphatic carbocycles. The van der Waals surface area contributed by atoms with Gasteiger partial charge in [-0.05, 0) is 73.0 Å². The molecule has 260 valence electrons. The summed E-state index contributed by atoms with van der Waals surface area (Å²) in [4.78, 5) is 36.0. The van der Waals surface area contributed by atoms with Gasteiger partial charge in [0, 0.05) is 24.6 Å². The second kappa shape index (κ2) is 15.6. The van der Waals surface area contributed by atoms with Gasteiger partial charge in [-0.2, -0.15) is 0 Å². The van der Waals surface area contributed by atoms with Crippen molar-refractivity contribution in [3.05, 3.63) is 83.3 Å². The van der Waals surface area contributed by atoms with Crippen molar-refractivity contribution < 1.29 is 26.8 Å². The molecule has 2 atom stereocenters. The zero-order valence-electron chi connectivity index (χ0n) is 29.7. The molecule has 0 aliphatic heterocycles. The SMILES string of the molecule is CC(C)c1nc(N(C)S(C)(=O)=O)nc(-c2ccc(F)cc2)c1/C=C/C(=O)C[C@H](CC(=O)N[C@H](C)c1ccccc1)O[Si](C)(C)C(C)(C)C. The molecule has 3 aromatic rings. The largest absolute Gasteiger partial charge is 0.413 e. The first kappa shape index (κ1) is 38.7. The molecule has 0 unspecified atom stereocenters. The van der Waals surface area contributed by atoms with Crippen LogP contribution in [0, 0.1) is 5.82 Å². The standard InChI is InChI=1S/C36H49FN4O5SSi/c1-24(2)33-31(34(27-16-18-28(37)19-17-27)40-35(39-33)41(7)47(8,44)45)21-20-29(42)22-30(46-48(9,10)36(4,5)6)23-32(43)38-25(3)26-14-12-11-13-15-26/h11-21,24-25,30H,22-23H2,1-10H3,(H,38,43)/b21-20+/t25-,30-/m1/s1. The molecular weight excluding hydrogens is 648 g/mol. The smallest absolute Gasteiger partial charge is 0.239 e. The molecule has 0 fully saturated rings. The lowest BCUT2D eigenvalue weighted by Gasteiger charge is -2.39. The van der Waals surface area contributed by atoms with Gasteiger partial charge in [-0.3, -0.25) is 9.59 Å². The fourth-order valence-corrected chi connectivity index (χ4v) is 6.48. The summed E-state index contributed by atoms with van der Waals surface area (Å²) in [6.07, 6.45) is 3.41. The first-order chi connectivity index (χ1) is 22.2. The van der Waals surface area contributed by atoms with Crippen molar-refractivity contribution in [1.29, 1.82) is 0 Å². The normalized spacial score (nSPS) is 13.8. The Morgan fingerprint density at radius 1 is 1.00 bits per heavy atom. The summed E-state index contributed by atoms with van der Waals surface area (Å²) in [6, 6.07) is 15.1. The van der Waals surface area contributed by atoms with E-state index >= 15 is 0 Å². The third-order valence-electron chi connectivity index (χ3n) is 8.63. The van der Waals surface area contributed by atoms with E-state index in [1.54, 1.807) is 18.2 Å². The van der Waals surface area contributed by atoms with Crippen LogP contribution in [-0.4, -0.2) is 57.8 Å². The lowest BCUT2D eigenvalue weighted by Crippen LogP contribution is -2.45. The van der Waals surface area contributed by atoms with Crippen molar-refractivity contribution in [2.24, 2.45) is 0 Å². The number of hydrogen-bond donors (Lipinski definition) is 1. The van der Waals surface area contributed by atoms with Crippen LogP contribution in [0.1, 0.15) is 83.2 Å². The van der Waals surface area contributed by atoms with Gasteiger partial charge in [-0.1, -0.05) is 65.0 Å². The van der Waals surface area contributed by atoms with Gasteiger partial charge in [0.05, 0.1) is 36.2 Å². The number of carbonyl (C=O) groups is 2. The molecule has 1 heterocycles. The number of rotatable bonds is 14. The molecule has 3 rings (SSSR count). The van der Waals surface area contributed by atoms with Gasteiger partial charge in [0.2, 0.25) is 21.9 Å². The van der Waals surface area contributed by atoms with Crippen molar-refractivity contribution in [3.63, 3.8) is 0 Å². The summed E-state index contributed by atoms with van der Waals surface area (Å²) >= 11 is 0. The maximum absolute atomic E-state index is 13.9. The lowest BCUT2D eigenvalue weighted by atomic mass is 9.97. The van der Waals surface area contributed by atoms with Gasteiger partial charge < -0.3 is 9.74 Å². The molecule has 0 saturated heterocycles. The van der Waals surface area contributed by atoms with Gasteiger partial charge in [-0.15, -0.1) is 0 Å². The molecule has 9 nitrogen and oxygen atoms in total. The first-order valence-corrected chi connectivity index (χ1v) is 20.8. The van der Waals surface area contributed by atoms with E-state index in [9.17, 15) is 22.4 Å². The summed E-state index contributed by atoms with van der Waals surface area (Å²) in [5.74, 6) is -1.14. The number of halogens is 1. The number of sulfonamides is 1. The minimum atomic E-state index is -3.68. The minimum Gasteiger partial charge on any atom is -0.413 e. The number of amides is 1. The summed E-state index contributed by atoms with van der Waals surface area (Å²) in [5, 5.41) is 2.89. The zero-order valence-corrected chi connectivity index (χ0v) is 31.5. The van der Waals surface area contributed by atoms with Crippen LogP contribution in [0.25, 0.3) is 17.3 Å². The van der Waals surface area contributed by atoms with Crippen LogP contribution in [0.4, 0.5) is 10.3 Å². The Hall–Kier alpha value is -3.74. The molecule has 0 spiro atoms. The Kier molecular flexibility index (Phi) is 12.6. The van der Waals surface area contributed by atoms with Crippen LogP contribution >= 0.6 is 0 Å². The molecule has 12 heteroatoms. The summed E-state index contributed by atoms with van der Waals surface area (Å²) in [6.45, 7) is 16.2. The average molecular weight is 697 g/mol. The summed E-state index contributed by atoms with van der Waals surface area (Å²) in [7, 11) is -4.69. The monoisotopic (exact) mass is 696 g/mol. The van der Waals surface area contributed by atoms with E-state index in [0.29, 0.717) is 22.5 Å². The van der Waals surface area contributed by atoms with Gasteiger partial charge in [-0.25, -0.2) is 27.1 Å². The van der Waals surface area contributed by atoms with E-state index < -0.39 is 30.3 Å². The molecule has 48 heavy (non-hydrogen) atoms. The second-order valence-corrected chi connectivity index (χ2v) is 20.7. The van der Waals surface area contributed by atoms with Crippen LogP contribution in [0.15, 0.2) is 60.7 Å². The van der Waals surface area contributed by atoms with E-state index in [0.717, 1.165) is 16.1 Å². The highest BCUT2D eigenvalue weighted by molar-refractivity contribution is 7.92. The molecule has 0 saturated carbocycles. The zero-order chi connectivity index (χ0) is 36.0. The quantitative estimate of drug-likeness (QED) is 0.138. The van der Waals surface area contributed by atoms with E-state index in [1.807, 2.05) is 51.1 Å². The summed E-state index contributed by atoms with van der Waals surface area (Å²) in [5.41, 5.74) is 2.88. The van der Waals surface area contributed by atoms with Crippen molar-refractivity contribution in [2.45, 2.75) is 90.6 Å². The highest BCUT2D eigenvalue weighted by Crippen LogP contribution is 2.38. The molecule has 1 N–H and O–H groups in total. The Labute approximate surface area is 286 Å². The minimum absolute atomic E-state index is 0.0109. The fraction of sp³-hybridized carbons (Fsp3) is 0.444. The number of nitrogens with zero attached hydrogens (tertiary/aromatic N) is 3.